The molecule has 2 aromatic heterocycles. The Kier molecular flexibility index (Phi) is 1.97. The lowest BCUT2D eigenvalue weighted by Crippen LogP contribution is -2.32. The Morgan fingerprint density at radius 1 is 0.952 bits per heavy atom. The highest BCUT2D eigenvalue weighted by atomic mass is 16.3. The lowest BCUT2D eigenvalue weighted by atomic mass is 10.0. The Labute approximate surface area is 122 Å². The number of nitrogens with zero attached hydrogens (tertiary/aromatic N) is 1. The summed E-state index contributed by atoms with van der Waals surface area (Å²) >= 11 is 0. The third-order valence-corrected chi connectivity index (χ3v) is 4.39. The molecule has 0 saturated carbocycles. The summed E-state index contributed by atoms with van der Waals surface area (Å²) in [5, 5.41) is 2.40. The number of furan rings is 1. The first kappa shape index (κ1) is 11.1. The number of benzene rings is 2. The molecule has 0 saturated heterocycles. The van der Waals surface area contributed by atoms with Crippen LogP contribution in [0.2, 0.25) is 0 Å². The largest absolute Gasteiger partial charge is 0.456 e. The van der Waals surface area contributed by atoms with Crippen molar-refractivity contribution < 1.29 is 8.98 Å². The van der Waals surface area contributed by atoms with Gasteiger partial charge in [0.15, 0.2) is 12.7 Å². The van der Waals surface area contributed by atoms with E-state index >= 15 is 0 Å². The number of pyridine rings is 1. The number of hydrogen-bond donors (Lipinski definition) is 0. The fourth-order valence-corrected chi connectivity index (χ4v) is 3.41. The van der Waals surface area contributed by atoms with Gasteiger partial charge in [-0.3, -0.25) is 0 Å². The average molecular weight is 272 g/mol. The van der Waals surface area contributed by atoms with Gasteiger partial charge < -0.3 is 4.42 Å². The minimum Gasteiger partial charge on any atom is -0.456 e. The van der Waals surface area contributed by atoms with Crippen molar-refractivity contribution in [1.29, 1.82) is 0 Å². The van der Waals surface area contributed by atoms with Crippen LogP contribution in [-0.2, 0) is 6.54 Å². The predicted octanol–water partition coefficient (Wildman–Crippen LogP) is 4.21. The summed E-state index contributed by atoms with van der Waals surface area (Å²) in [6.45, 7) is 3.06. The smallest absolute Gasteiger partial charge is 0.213 e. The summed E-state index contributed by atoms with van der Waals surface area (Å²) in [4.78, 5) is 0. The van der Waals surface area contributed by atoms with Gasteiger partial charge in [-0.2, -0.15) is 4.57 Å². The van der Waals surface area contributed by atoms with Crippen LogP contribution in [-0.4, -0.2) is 0 Å². The van der Waals surface area contributed by atoms with E-state index in [1.165, 1.54) is 33.2 Å². The summed E-state index contributed by atoms with van der Waals surface area (Å²) in [7, 11) is 0. The van der Waals surface area contributed by atoms with Crippen LogP contribution >= 0.6 is 0 Å². The lowest BCUT2D eigenvalue weighted by Gasteiger charge is -1.95. The standard InChI is InChI=1S/C19H14NO/c1-12-6-7-17-15-9-16-14-4-2-3-5-18(14)21-19(16)8-13(15)11-20(17)10-12/h2-10H,11H2,1H3/q+1. The zero-order chi connectivity index (χ0) is 14.0. The number of aryl methyl sites for hydroxylation is 1. The number of aromatic nitrogens is 1. The highest BCUT2D eigenvalue weighted by Crippen LogP contribution is 2.36. The third-order valence-electron chi connectivity index (χ3n) is 4.39. The van der Waals surface area contributed by atoms with E-state index in [4.69, 9.17) is 4.42 Å². The zero-order valence-electron chi connectivity index (χ0n) is 11.8. The van der Waals surface area contributed by atoms with Crippen LogP contribution in [0.25, 0.3) is 33.2 Å². The third kappa shape index (κ3) is 1.44. The lowest BCUT2D eigenvalue weighted by molar-refractivity contribution is -0.672. The maximum Gasteiger partial charge on any atom is 0.213 e. The van der Waals surface area contributed by atoms with Gasteiger partial charge >= 0.3 is 0 Å². The van der Waals surface area contributed by atoms with Gasteiger partial charge in [0, 0.05) is 28.0 Å². The molecule has 0 amide bonds. The van der Waals surface area contributed by atoms with Gasteiger partial charge in [0.05, 0.1) is 5.56 Å². The van der Waals surface area contributed by atoms with Crippen LogP contribution in [0.4, 0.5) is 0 Å². The fraction of sp³-hybridized carbons (Fsp3) is 0.105. The maximum atomic E-state index is 5.99. The predicted molar refractivity (Wildman–Crippen MR) is 83.2 cm³/mol. The summed E-state index contributed by atoms with van der Waals surface area (Å²) in [6.07, 6.45) is 2.22. The van der Waals surface area contributed by atoms with Crippen LogP contribution in [0.5, 0.6) is 0 Å². The number of rotatable bonds is 0. The van der Waals surface area contributed by atoms with Crippen LogP contribution in [0.3, 0.4) is 0 Å². The van der Waals surface area contributed by atoms with Gasteiger partial charge in [0.25, 0.3) is 0 Å². The van der Waals surface area contributed by atoms with E-state index in [0.717, 1.165) is 17.7 Å². The molecule has 0 fully saturated rings. The molecule has 0 aliphatic carbocycles. The zero-order valence-corrected chi connectivity index (χ0v) is 11.8. The first-order valence-electron chi connectivity index (χ1n) is 7.24. The summed E-state index contributed by atoms with van der Waals surface area (Å²) < 4.78 is 8.31. The number of para-hydroxylation sites is 1. The van der Waals surface area contributed by atoms with Crippen molar-refractivity contribution in [1.82, 2.24) is 0 Å². The second kappa shape index (κ2) is 3.73. The highest BCUT2D eigenvalue weighted by Gasteiger charge is 2.27. The number of fused-ring (bicyclic) bond motifs is 6. The van der Waals surface area contributed by atoms with Crippen molar-refractivity contribution in [2.24, 2.45) is 0 Å². The van der Waals surface area contributed by atoms with Crippen molar-refractivity contribution in [2.75, 3.05) is 0 Å². The summed E-state index contributed by atoms with van der Waals surface area (Å²) in [5.41, 5.74) is 7.21. The SMILES string of the molecule is Cc1ccc2[n+](c1)Cc1cc3oc4ccccc4c3cc1-2. The second-order valence-corrected chi connectivity index (χ2v) is 5.82. The molecule has 1 aliphatic heterocycles. The van der Waals surface area contributed by atoms with E-state index in [1.54, 1.807) is 0 Å². The van der Waals surface area contributed by atoms with E-state index in [1.807, 2.05) is 12.1 Å². The Hall–Kier alpha value is -2.61. The van der Waals surface area contributed by atoms with E-state index < -0.39 is 0 Å². The summed E-state index contributed by atoms with van der Waals surface area (Å²) in [5.74, 6) is 0. The first-order valence-corrected chi connectivity index (χ1v) is 7.24. The van der Waals surface area contributed by atoms with Gasteiger partial charge in [-0.05, 0) is 31.2 Å². The minimum atomic E-state index is 0.930. The first-order chi connectivity index (χ1) is 10.3. The quantitative estimate of drug-likeness (QED) is 0.386. The average Bonchev–Trinajstić information content (AvgIpc) is 3.01. The molecule has 0 atom stereocenters. The van der Waals surface area contributed by atoms with E-state index in [-0.39, 0.29) is 0 Å². The maximum absolute atomic E-state index is 5.99. The van der Waals surface area contributed by atoms with Gasteiger partial charge in [-0.25, -0.2) is 0 Å². The molecular weight excluding hydrogens is 258 g/mol. The molecule has 0 N–H and O–H groups in total. The van der Waals surface area contributed by atoms with Crippen molar-refractivity contribution in [3.05, 3.63) is 65.9 Å². The van der Waals surface area contributed by atoms with E-state index in [9.17, 15) is 0 Å². The Morgan fingerprint density at radius 2 is 1.86 bits per heavy atom. The molecule has 0 unspecified atom stereocenters. The van der Waals surface area contributed by atoms with Crippen molar-refractivity contribution in [3.63, 3.8) is 0 Å². The van der Waals surface area contributed by atoms with Crippen LogP contribution in [0, 0.1) is 6.92 Å². The Balaban J connectivity index is 1.87. The number of hydrogen-bond acceptors (Lipinski definition) is 1. The van der Waals surface area contributed by atoms with Gasteiger partial charge in [0.2, 0.25) is 5.69 Å². The topological polar surface area (TPSA) is 17.0 Å². The Morgan fingerprint density at radius 3 is 2.81 bits per heavy atom. The van der Waals surface area contributed by atoms with Gasteiger partial charge in [0.1, 0.15) is 11.2 Å². The molecule has 21 heavy (non-hydrogen) atoms. The van der Waals surface area contributed by atoms with Crippen LogP contribution < -0.4 is 4.57 Å². The molecule has 4 aromatic rings. The second-order valence-electron chi connectivity index (χ2n) is 5.82. The highest BCUT2D eigenvalue weighted by molar-refractivity contribution is 6.06. The molecule has 2 nitrogen and oxygen atoms in total. The van der Waals surface area contributed by atoms with Crippen LogP contribution in [0.15, 0.2) is 59.1 Å². The molecule has 0 radical (unpaired) electrons. The van der Waals surface area contributed by atoms with E-state index in [2.05, 4.69) is 54.1 Å². The molecule has 0 bridgehead atoms. The summed E-state index contributed by atoms with van der Waals surface area (Å²) in [6, 6.07) is 17.1. The normalized spacial score (nSPS) is 12.8. The molecule has 100 valence electrons. The molecular formula is C19H14NO+. The molecule has 0 spiro atoms. The molecule has 2 aromatic carbocycles. The minimum absolute atomic E-state index is 0.930. The van der Waals surface area contributed by atoms with Crippen molar-refractivity contribution >= 4 is 21.9 Å². The molecule has 5 rings (SSSR count). The molecule has 2 heteroatoms. The molecule has 3 heterocycles. The monoisotopic (exact) mass is 272 g/mol. The van der Waals surface area contributed by atoms with Crippen molar-refractivity contribution in [2.45, 2.75) is 13.5 Å². The fourth-order valence-electron chi connectivity index (χ4n) is 3.41. The van der Waals surface area contributed by atoms with E-state index in [0.29, 0.717) is 0 Å². The van der Waals surface area contributed by atoms with Gasteiger partial charge in [-0.15, -0.1) is 0 Å². The molecule has 1 aliphatic rings. The van der Waals surface area contributed by atoms with Gasteiger partial charge in [-0.1, -0.05) is 18.2 Å². The Bertz CT molecular complexity index is 1030. The van der Waals surface area contributed by atoms with Crippen LogP contribution in [0.1, 0.15) is 11.1 Å². The van der Waals surface area contributed by atoms with Crippen molar-refractivity contribution in [3.8, 4) is 11.3 Å².